The summed E-state index contributed by atoms with van der Waals surface area (Å²) in [7, 11) is 3.15. The predicted octanol–water partition coefficient (Wildman–Crippen LogP) is -0.778. The third kappa shape index (κ3) is 0.759. The number of rotatable bonds is 0. The summed E-state index contributed by atoms with van der Waals surface area (Å²) in [5, 5.41) is 2.62. The summed E-state index contributed by atoms with van der Waals surface area (Å²) in [5.41, 5.74) is 0. The Labute approximate surface area is 53.0 Å². The molecule has 0 N–H and O–H groups in total. The van der Waals surface area contributed by atoms with Crippen LogP contribution in [0, 0.1) is 0 Å². The van der Waals surface area contributed by atoms with E-state index in [9.17, 15) is 9.59 Å². The lowest BCUT2D eigenvalue weighted by molar-refractivity contribution is -0.141. The van der Waals surface area contributed by atoms with Crippen molar-refractivity contribution in [2.45, 2.75) is 6.42 Å². The SMILES string of the molecule is CN1C(=O)CC(=O)N1C. The number of hydrogen-bond donors (Lipinski definition) is 0. The van der Waals surface area contributed by atoms with E-state index in [2.05, 4.69) is 0 Å². The molecule has 2 amide bonds. The van der Waals surface area contributed by atoms with Gasteiger partial charge in [-0.1, -0.05) is 0 Å². The zero-order valence-corrected chi connectivity index (χ0v) is 5.42. The van der Waals surface area contributed by atoms with Gasteiger partial charge in [0.2, 0.25) is 11.8 Å². The first kappa shape index (κ1) is 6.07. The lowest BCUT2D eigenvalue weighted by atomic mass is 10.4. The molecule has 1 aliphatic heterocycles. The van der Waals surface area contributed by atoms with E-state index in [1.54, 1.807) is 14.1 Å². The first-order valence-corrected chi connectivity index (χ1v) is 2.66. The van der Waals surface area contributed by atoms with Gasteiger partial charge in [-0.15, -0.1) is 0 Å². The van der Waals surface area contributed by atoms with Gasteiger partial charge in [0.05, 0.1) is 0 Å². The van der Waals surface area contributed by atoms with Gasteiger partial charge in [-0.3, -0.25) is 19.6 Å². The van der Waals surface area contributed by atoms with Gasteiger partial charge in [-0.25, -0.2) is 0 Å². The van der Waals surface area contributed by atoms with E-state index in [1.807, 2.05) is 0 Å². The monoisotopic (exact) mass is 128 g/mol. The number of carbonyl (C=O) groups excluding carboxylic acids is 2. The Hall–Kier alpha value is -1.06. The molecule has 4 nitrogen and oxygen atoms in total. The third-order valence-corrected chi connectivity index (χ3v) is 1.47. The molecular weight excluding hydrogens is 120 g/mol. The van der Waals surface area contributed by atoms with E-state index in [-0.39, 0.29) is 18.2 Å². The van der Waals surface area contributed by atoms with Crippen LogP contribution in [-0.4, -0.2) is 35.9 Å². The minimum Gasteiger partial charge on any atom is -0.272 e. The van der Waals surface area contributed by atoms with Gasteiger partial charge in [-0.2, -0.15) is 0 Å². The number of amides is 2. The Morgan fingerprint density at radius 2 is 1.44 bits per heavy atom. The fourth-order valence-electron chi connectivity index (χ4n) is 0.693. The van der Waals surface area contributed by atoms with Crippen molar-refractivity contribution < 1.29 is 9.59 Å². The molecule has 0 radical (unpaired) electrons. The molecule has 0 aliphatic carbocycles. The average molecular weight is 128 g/mol. The molecule has 50 valence electrons. The summed E-state index contributed by atoms with van der Waals surface area (Å²) in [6.45, 7) is 0. The van der Waals surface area contributed by atoms with Crippen molar-refractivity contribution in [3.05, 3.63) is 0 Å². The van der Waals surface area contributed by atoms with Crippen molar-refractivity contribution in [1.29, 1.82) is 0 Å². The van der Waals surface area contributed by atoms with Crippen LogP contribution in [0.2, 0.25) is 0 Å². The van der Waals surface area contributed by atoms with E-state index in [0.29, 0.717) is 0 Å². The molecule has 1 rings (SSSR count). The molecule has 0 aromatic rings. The Morgan fingerprint density at radius 3 is 1.56 bits per heavy atom. The van der Waals surface area contributed by atoms with Crippen molar-refractivity contribution in [1.82, 2.24) is 10.0 Å². The third-order valence-electron chi connectivity index (χ3n) is 1.47. The average Bonchev–Trinajstić information content (AvgIpc) is 1.98. The predicted molar refractivity (Wildman–Crippen MR) is 30.2 cm³/mol. The van der Waals surface area contributed by atoms with Crippen LogP contribution >= 0.6 is 0 Å². The topological polar surface area (TPSA) is 40.6 Å². The summed E-state index contributed by atoms with van der Waals surface area (Å²) in [6.07, 6.45) is 0.0208. The van der Waals surface area contributed by atoms with Crippen LogP contribution in [-0.2, 0) is 9.59 Å². The van der Waals surface area contributed by atoms with Crippen LogP contribution in [0.3, 0.4) is 0 Å². The zero-order chi connectivity index (χ0) is 7.02. The van der Waals surface area contributed by atoms with Gasteiger partial charge in [-0.05, 0) is 0 Å². The molecular formula is C5H8N2O2. The summed E-state index contributed by atoms with van der Waals surface area (Å²) in [5.74, 6) is -0.273. The minimum absolute atomic E-state index is 0.0208. The Kier molecular flexibility index (Phi) is 1.16. The fourth-order valence-corrected chi connectivity index (χ4v) is 0.693. The van der Waals surface area contributed by atoms with Crippen molar-refractivity contribution >= 4 is 11.8 Å². The van der Waals surface area contributed by atoms with Gasteiger partial charge in [0.1, 0.15) is 6.42 Å². The first-order valence-electron chi connectivity index (χ1n) is 2.66. The van der Waals surface area contributed by atoms with Crippen LogP contribution in [0.25, 0.3) is 0 Å². The van der Waals surface area contributed by atoms with E-state index in [1.165, 1.54) is 10.0 Å². The highest BCUT2D eigenvalue weighted by Gasteiger charge is 2.29. The maximum Gasteiger partial charge on any atom is 0.250 e. The number of hydrazine groups is 1. The van der Waals surface area contributed by atoms with Crippen LogP contribution in [0.1, 0.15) is 6.42 Å². The highest BCUT2D eigenvalue weighted by atomic mass is 16.2. The highest BCUT2D eigenvalue weighted by molar-refractivity contribution is 6.01. The molecule has 0 atom stereocenters. The van der Waals surface area contributed by atoms with Crippen LogP contribution in [0.15, 0.2) is 0 Å². The number of hydrogen-bond acceptors (Lipinski definition) is 2. The van der Waals surface area contributed by atoms with E-state index in [4.69, 9.17) is 0 Å². The molecule has 0 aromatic heterocycles. The molecule has 0 unspecified atom stereocenters. The Balaban J connectivity index is 2.77. The second-order valence-corrected chi connectivity index (χ2v) is 2.01. The molecule has 9 heavy (non-hydrogen) atoms. The van der Waals surface area contributed by atoms with E-state index in [0.717, 1.165) is 0 Å². The first-order chi connectivity index (χ1) is 4.13. The summed E-state index contributed by atoms with van der Waals surface area (Å²) >= 11 is 0. The second-order valence-electron chi connectivity index (χ2n) is 2.01. The Morgan fingerprint density at radius 1 is 1.11 bits per heavy atom. The lowest BCUT2D eigenvalue weighted by Crippen LogP contribution is -2.33. The van der Waals surface area contributed by atoms with Crippen molar-refractivity contribution in [2.24, 2.45) is 0 Å². The highest BCUT2D eigenvalue weighted by Crippen LogP contribution is 2.06. The second kappa shape index (κ2) is 1.72. The largest absolute Gasteiger partial charge is 0.272 e. The summed E-state index contributed by atoms with van der Waals surface area (Å²) < 4.78 is 0. The van der Waals surface area contributed by atoms with E-state index < -0.39 is 0 Å². The molecule has 1 fully saturated rings. The van der Waals surface area contributed by atoms with Gasteiger partial charge < -0.3 is 0 Å². The summed E-state index contributed by atoms with van der Waals surface area (Å²) in [4.78, 5) is 21.3. The van der Waals surface area contributed by atoms with Crippen LogP contribution < -0.4 is 0 Å². The molecule has 0 bridgehead atoms. The van der Waals surface area contributed by atoms with E-state index >= 15 is 0 Å². The molecule has 0 aromatic carbocycles. The molecule has 0 saturated carbocycles. The van der Waals surface area contributed by atoms with Crippen LogP contribution in [0.5, 0.6) is 0 Å². The van der Waals surface area contributed by atoms with Gasteiger partial charge in [0, 0.05) is 14.1 Å². The summed E-state index contributed by atoms with van der Waals surface area (Å²) in [6, 6.07) is 0. The van der Waals surface area contributed by atoms with Gasteiger partial charge in [0.25, 0.3) is 0 Å². The quantitative estimate of drug-likeness (QED) is 0.401. The minimum atomic E-state index is -0.137. The van der Waals surface area contributed by atoms with Gasteiger partial charge in [0.15, 0.2) is 0 Å². The van der Waals surface area contributed by atoms with Crippen LogP contribution in [0.4, 0.5) is 0 Å². The van der Waals surface area contributed by atoms with Crippen molar-refractivity contribution in [3.63, 3.8) is 0 Å². The lowest BCUT2D eigenvalue weighted by Gasteiger charge is -2.17. The standard InChI is InChI=1S/C5H8N2O2/c1-6-4(8)3-5(9)7(6)2/h3H2,1-2H3. The molecule has 0 spiro atoms. The van der Waals surface area contributed by atoms with Crippen molar-refractivity contribution in [3.8, 4) is 0 Å². The number of carbonyl (C=O) groups is 2. The molecule has 1 heterocycles. The van der Waals surface area contributed by atoms with Gasteiger partial charge >= 0.3 is 0 Å². The Bertz CT molecular complexity index is 148. The molecule has 1 saturated heterocycles. The molecule has 1 aliphatic rings. The number of nitrogens with zero attached hydrogens (tertiary/aromatic N) is 2. The molecule has 4 heteroatoms. The maximum atomic E-state index is 10.7. The maximum absolute atomic E-state index is 10.7. The van der Waals surface area contributed by atoms with Crippen molar-refractivity contribution in [2.75, 3.05) is 14.1 Å². The fraction of sp³-hybridized carbons (Fsp3) is 0.600. The smallest absolute Gasteiger partial charge is 0.250 e. The normalized spacial score (nSPS) is 19.8. The zero-order valence-electron chi connectivity index (χ0n) is 5.42.